The fraction of sp³-hybridized carbons (Fsp3) is 0.660. The molecule has 9 nitrogen and oxygen atoms in total. The summed E-state index contributed by atoms with van der Waals surface area (Å²) in [6.45, 7) is 45.7. The predicted octanol–water partition coefficient (Wildman–Crippen LogP) is 35.9. The van der Waals surface area contributed by atoms with Gasteiger partial charge < -0.3 is 36.2 Å². The maximum atomic E-state index is 7.29. The van der Waals surface area contributed by atoms with E-state index in [0.717, 1.165) is 127 Å². The third kappa shape index (κ3) is 39.4. The lowest BCUT2D eigenvalue weighted by atomic mass is 9.74. The van der Waals surface area contributed by atoms with E-state index in [-0.39, 0.29) is 28.1 Å². The van der Waals surface area contributed by atoms with Crippen LogP contribution in [0.2, 0.25) is 0 Å². The van der Waals surface area contributed by atoms with E-state index in [1.54, 1.807) is 0 Å². The molecule has 0 spiro atoms. The fourth-order valence-corrected chi connectivity index (χ4v) is 19.1. The van der Waals surface area contributed by atoms with Crippen LogP contribution in [-0.4, -0.2) is 19.8 Å². The molecule has 0 amide bonds. The maximum absolute atomic E-state index is 7.29. The smallest absolute Gasteiger partial charge is 0.426 e. The molecule has 118 heavy (non-hydrogen) atoms. The SMILES string of the molecule is CCCCCCCCCOP(OCCCCCCCCC)Oc1cc(C)c(C(CC(C)c2cc(C(C)(C)C)c(OP(Oc3ccc(CCCCCCCC)cc3)Oc3ccc(CCCCCCCC)cc3)cc2C)c2cc(C(C)(C)C)c(OP(OCCCCCCCCC)Oc3ccc(CCCCCCCC)cc3)cc2C)cc1C(C)(C)C. The topological polar surface area (TPSA) is 83.1 Å². The molecule has 0 bridgehead atoms. The van der Waals surface area contributed by atoms with E-state index in [9.17, 15) is 0 Å². The van der Waals surface area contributed by atoms with Crippen molar-refractivity contribution >= 4 is 25.8 Å². The average molecular weight is 1680 g/mol. The monoisotopic (exact) mass is 1680 g/mol. The van der Waals surface area contributed by atoms with Gasteiger partial charge in [0.1, 0.15) is 34.5 Å². The van der Waals surface area contributed by atoms with Gasteiger partial charge in [0, 0.05) is 22.6 Å². The highest BCUT2D eigenvalue weighted by Gasteiger charge is 2.34. The second-order valence-corrected chi connectivity index (χ2v) is 40.8. The Kier molecular flexibility index (Phi) is 49.9. The molecule has 0 fully saturated rings. The predicted molar refractivity (Wildman–Crippen MR) is 511 cm³/mol. The average Bonchev–Trinajstić information content (AvgIpc) is 0.759. The minimum atomic E-state index is -1.97. The van der Waals surface area contributed by atoms with E-state index in [2.05, 4.69) is 241 Å². The van der Waals surface area contributed by atoms with Crippen molar-refractivity contribution in [1.29, 1.82) is 0 Å². The zero-order valence-corrected chi connectivity index (χ0v) is 81.3. The van der Waals surface area contributed by atoms with E-state index in [1.165, 1.54) is 251 Å². The molecule has 0 saturated heterocycles. The van der Waals surface area contributed by atoms with E-state index in [1.807, 2.05) is 0 Å². The molecule has 6 aromatic rings. The van der Waals surface area contributed by atoms with Gasteiger partial charge in [-0.25, -0.2) is 0 Å². The van der Waals surface area contributed by atoms with Gasteiger partial charge in [0.15, 0.2) is 0 Å². The van der Waals surface area contributed by atoms with Gasteiger partial charge in [-0.1, -0.05) is 377 Å². The molecule has 12 heteroatoms. The molecule has 0 saturated carbocycles. The Morgan fingerprint density at radius 2 is 0.500 bits per heavy atom. The van der Waals surface area contributed by atoms with E-state index < -0.39 is 25.8 Å². The zero-order valence-electron chi connectivity index (χ0n) is 78.6. The molecule has 0 aliphatic rings. The first-order chi connectivity index (χ1) is 56.9. The second-order valence-electron chi connectivity index (χ2n) is 37.6. The van der Waals surface area contributed by atoms with Crippen molar-refractivity contribution in [2.75, 3.05) is 19.8 Å². The van der Waals surface area contributed by atoms with Crippen LogP contribution in [0.3, 0.4) is 0 Å². The van der Waals surface area contributed by atoms with E-state index in [0.29, 0.717) is 19.8 Å². The number of unbranched alkanes of at least 4 members (excludes halogenated alkanes) is 33. The molecule has 3 unspecified atom stereocenters. The quantitative estimate of drug-likeness (QED) is 0.0274. The maximum Gasteiger partial charge on any atom is 0.530 e. The van der Waals surface area contributed by atoms with Crippen LogP contribution in [0.25, 0.3) is 0 Å². The van der Waals surface area contributed by atoms with Gasteiger partial charge in [-0.05, 0) is 212 Å². The zero-order chi connectivity index (χ0) is 85.4. The van der Waals surface area contributed by atoms with E-state index in [4.69, 9.17) is 40.7 Å². The van der Waals surface area contributed by atoms with Gasteiger partial charge in [0.05, 0.1) is 19.8 Å². The lowest BCUT2D eigenvalue weighted by Crippen LogP contribution is -2.19. The highest BCUT2D eigenvalue weighted by atomic mass is 31.2. The third-order valence-corrected chi connectivity index (χ3v) is 26.8. The number of benzene rings is 6. The molecule has 662 valence electrons. The Hall–Kier alpha value is -4.71. The summed E-state index contributed by atoms with van der Waals surface area (Å²) in [5, 5.41) is 0. The lowest BCUT2D eigenvalue weighted by Gasteiger charge is -2.33. The Bertz CT molecular complexity index is 3530. The van der Waals surface area contributed by atoms with Crippen molar-refractivity contribution in [3.05, 3.63) is 176 Å². The summed E-state index contributed by atoms with van der Waals surface area (Å²) in [6, 6.07) is 40.3. The van der Waals surface area contributed by atoms with Crippen LogP contribution in [0.15, 0.2) is 109 Å². The molecule has 0 heterocycles. The molecule has 6 aromatic carbocycles. The summed E-state index contributed by atoms with van der Waals surface area (Å²) >= 11 is 0. The van der Waals surface area contributed by atoms with Crippen molar-refractivity contribution in [2.24, 2.45) is 0 Å². The summed E-state index contributed by atoms with van der Waals surface area (Å²) in [7, 11) is -5.47. The molecular weight excluding hydrogens is 1510 g/mol. The van der Waals surface area contributed by atoms with Crippen LogP contribution in [0.4, 0.5) is 0 Å². The van der Waals surface area contributed by atoms with Gasteiger partial charge in [-0.3, -0.25) is 4.52 Å². The first kappa shape index (κ1) is 102. The first-order valence-electron chi connectivity index (χ1n) is 48.0. The highest BCUT2D eigenvalue weighted by Crippen LogP contribution is 2.53. The molecule has 6 rings (SSSR count). The van der Waals surface area contributed by atoms with Gasteiger partial charge in [-0.15, -0.1) is 0 Å². The molecule has 0 aliphatic heterocycles. The summed E-state index contributed by atoms with van der Waals surface area (Å²) < 4.78 is 62.9. The number of aryl methyl sites for hydroxylation is 6. The lowest BCUT2D eigenvalue weighted by molar-refractivity contribution is 0.197. The van der Waals surface area contributed by atoms with Crippen LogP contribution in [0.5, 0.6) is 34.5 Å². The van der Waals surface area contributed by atoms with Crippen molar-refractivity contribution in [1.82, 2.24) is 0 Å². The van der Waals surface area contributed by atoms with Crippen LogP contribution >= 0.6 is 25.8 Å². The molecule has 0 radical (unpaired) electrons. The minimum Gasteiger partial charge on any atom is -0.426 e. The molecule has 3 atom stereocenters. The number of rotatable bonds is 65. The van der Waals surface area contributed by atoms with E-state index >= 15 is 0 Å². The van der Waals surface area contributed by atoms with Gasteiger partial charge >= 0.3 is 25.8 Å². The largest absolute Gasteiger partial charge is 0.530 e. The van der Waals surface area contributed by atoms with Crippen LogP contribution < -0.4 is 27.1 Å². The van der Waals surface area contributed by atoms with Crippen molar-refractivity contribution in [3.8, 4) is 34.5 Å². The van der Waals surface area contributed by atoms with Crippen LogP contribution in [-0.2, 0) is 49.1 Å². The Balaban J connectivity index is 1.46. The van der Waals surface area contributed by atoms with Gasteiger partial charge in [-0.2, -0.15) is 0 Å². The molecule has 0 aromatic heterocycles. The minimum absolute atomic E-state index is 0.0671. The fourth-order valence-electron chi connectivity index (χ4n) is 16.1. The third-order valence-electron chi connectivity index (χ3n) is 23.5. The molecule has 0 aliphatic carbocycles. The summed E-state index contributed by atoms with van der Waals surface area (Å²) in [6.07, 6.45) is 52.4. The summed E-state index contributed by atoms with van der Waals surface area (Å²) in [5.74, 6) is 4.67. The van der Waals surface area contributed by atoms with Crippen LogP contribution in [0.1, 0.15) is 446 Å². The molecule has 0 N–H and O–H groups in total. The van der Waals surface area contributed by atoms with Gasteiger partial charge in [0.2, 0.25) is 0 Å². The van der Waals surface area contributed by atoms with Crippen molar-refractivity contribution in [2.45, 2.75) is 436 Å². The number of hydrogen-bond acceptors (Lipinski definition) is 9. The van der Waals surface area contributed by atoms with Crippen molar-refractivity contribution in [3.63, 3.8) is 0 Å². The van der Waals surface area contributed by atoms with Crippen LogP contribution in [0, 0.1) is 20.8 Å². The second kappa shape index (κ2) is 57.7. The first-order valence-corrected chi connectivity index (χ1v) is 51.3. The summed E-state index contributed by atoms with van der Waals surface area (Å²) in [5.41, 5.74) is 13.7. The van der Waals surface area contributed by atoms with Crippen molar-refractivity contribution < 1.29 is 40.7 Å². The highest BCUT2D eigenvalue weighted by molar-refractivity contribution is 7.43. The Morgan fingerprint density at radius 3 is 0.797 bits per heavy atom. The number of hydrogen-bond donors (Lipinski definition) is 0. The normalized spacial score (nSPS) is 12.9. The summed E-state index contributed by atoms with van der Waals surface area (Å²) in [4.78, 5) is 0. The Labute approximate surface area is 728 Å². The standard InChI is InChI=1S/C106H169O9P3/c1-20-26-32-38-44-50-56-74-107-116(108-75-57-51-45-39-33-27-21-2)113-101-79-86(9)95(82-99(101)105(14,15)16)97(96-83-100(106(17,18)19)102(80-87(96)10)114-117(109-76-58-52-46-40-34-28-22-3)110-91-68-62-88(63-69-91)59-53-47-41-35-29-23-4)77-84(7)94-81-98(104(11,12)13)103(78-85(94)8)115-118(111-92-70-64-89(65-71-92)60-54-48-42-36-30-24-5)112-93-72-66-90(67-73-93)61-55-49-43-37-31-25-6/h62-73,78-84,97H,20-61,74-77H2,1-19H3. The molecular formula is C106H169O9P3. The van der Waals surface area contributed by atoms with Gasteiger partial charge in [0.25, 0.3) is 0 Å². The Morgan fingerprint density at radius 1 is 0.263 bits per heavy atom.